The average molecular weight is 275 g/mol. The van der Waals surface area contributed by atoms with Crippen molar-refractivity contribution >= 4 is 0 Å². The van der Waals surface area contributed by atoms with E-state index in [1.807, 2.05) is 4.90 Å². The van der Waals surface area contributed by atoms with Gasteiger partial charge in [0.2, 0.25) is 0 Å². The van der Waals surface area contributed by atoms with Crippen molar-refractivity contribution in [3.63, 3.8) is 0 Å². The van der Waals surface area contributed by atoms with Crippen LogP contribution in [0.15, 0.2) is 0 Å². The number of piperidine rings is 1. The summed E-state index contributed by atoms with van der Waals surface area (Å²) in [4.78, 5) is 1.88. The first kappa shape index (κ1) is 14.6. The molecule has 1 N–H and O–H groups in total. The molecule has 2 aliphatic rings. The van der Waals surface area contributed by atoms with E-state index >= 15 is 0 Å². The van der Waals surface area contributed by atoms with Gasteiger partial charge in [-0.25, -0.2) is 0 Å². The second-order valence-electron chi connectivity index (χ2n) is 5.48. The maximum atomic E-state index is 12.7. The van der Waals surface area contributed by atoms with E-state index in [0.29, 0.717) is 12.6 Å². The van der Waals surface area contributed by atoms with Crippen molar-refractivity contribution in [3.8, 4) is 6.07 Å². The van der Waals surface area contributed by atoms with Gasteiger partial charge in [0.05, 0.1) is 6.07 Å². The van der Waals surface area contributed by atoms with E-state index in [9.17, 15) is 13.2 Å². The van der Waals surface area contributed by atoms with Crippen LogP contribution in [-0.4, -0.2) is 42.8 Å². The molecule has 2 fully saturated rings. The van der Waals surface area contributed by atoms with Gasteiger partial charge in [0.25, 0.3) is 0 Å². The van der Waals surface area contributed by atoms with Gasteiger partial charge in [-0.3, -0.25) is 4.90 Å². The smallest absolute Gasteiger partial charge is 0.312 e. The largest absolute Gasteiger partial charge is 0.405 e. The topological polar surface area (TPSA) is 39.1 Å². The number of rotatable bonds is 3. The van der Waals surface area contributed by atoms with Gasteiger partial charge in [0, 0.05) is 18.6 Å². The summed E-state index contributed by atoms with van der Waals surface area (Å²) >= 11 is 0. The minimum atomic E-state index is -4.42. The van der Waals surface area contributed by atoms with Crippen LogP contribution in [0.5, 0.6) is 0 Å². The van der Waals surface area contributed by atoms with Crippen LogP contribution in [0.2, 0.25) is 0 Å². The van der Waals surface area contributed by atoms with Crippen molar-refractivity contribution in [2.45, 2.75) is 50.4 Å². The fraction of sp³-hybridized carbons (Fsp3) is 0.923. The molecule has 2 rings (SSSR count). The summed E-state index contributed by atoms with van der Waals surface area (Å²) in [5.41, 5.74) is 0. The third-order valence-electron chi connectivity index (χ3n) is 4.20. The fourth-order valence-corrected chi connectivity index (χ4v) is 3.19. The zero-order chi connectivity index (χ0) is 13.9. The highest BCUT2D eigenvalue weighted by molar-refractivity contribution is 4.96. The molecule has 0 bridgehead atoms. The first-order valence-corrected chi connectivity index (χ1v) is 6.96. The highest BCUT2D eigenvalue weighted by Crippen LogP contribution is 2.30. The predicted octanol–water partition coefficient (Wildman–Crippen LogP) is 2.29. The van der Waals surface area contributed by atoms with Crippen LogP contribution in [0, 0.1) is 17.2 Å². The third-order valence-corrected chi connectivity index (χ3v) is 4.20. The monoisotopic (exact) mass is 275 g/mol. The molecule has 3 atom stereocenters. The zero-order valence-electron chi connectivity index (χ0n) is 10.9. The average Bonchev–Trinajstić information content (AvgIpc) is 2.88. The van der Waals surface area contributed by atoms with Crippen LogP contribution in [-0.2, 0) is 0 Å². The van der Waals surface area contributed by atoms with Crippen LogP contribution in [0.3, 0.4) is 0 Å². The molecule has 2 aliphatic heterocycles. The lowest BCUT2D eigenvalue weighted by Gasteiger charge is -2.40. The molecule has 108 valence electrons. The second-order valence-corrected chi connectivity index (χ2v) is 5.48. The SMILES string of the molecule is N#CC(CN1CCCCC1C1CCCN1)C(F)(F)F. The molecule has 0 aromatic rings. The van der Waals surface area contributed by atoms with Crippen molar-refractivity contribution in [2.75, 3.05) is 19.6 Å². The number of nitriles is 1. The van der Waals surface area contributed by atoms with Gasteiger partial charge in [-0.05, 0) is 38.8 Å². The summed E-state index contributed by atoms with van der Waals surface area (Å²) in [6, 6.07) is 1.87. The molecule has 6 heteroatoms. The highest BCUT2D eigenvalue weighted by atomic mass is 19.4. The maximum absolute atomic E-state index is 12.7. The van der Waals surface area contributed by atoms with E-state index in [4.69, 9.17) is 5.26 Å². The van der Waals surface area contributed by atoms with E-state index in [1.54, 1.807) is 0 Å². The van der Waals surface area contributed by atoms with Gasteiger partial charge in [-0.2, -0.15) is 18.4 Å². The lowest BCUT2D eigenvalue weighted by molar-refractivity contribution is -0.165. The molecule has 0 aromatic carbocycles. The van der Waals surface area contributed by atoms with Gasteiger partial charge < -0.3 is 5.32 Å². The van der Waals surface area contributed by atoms with E-state index in [2.05, 4.69) is 5.32 Å². The Morgan fingerprint density at radius 1 is 1.26 bits per heavy atom. The Kier molecular flexibility index (Phi) is 4.69. The standard InChI is InChI=1S/C13H20F3N3/c14-13(15,16)10(8-17)9-19-7-2-1-5-12(19)11-4-3-6-18-11/h10-12,18H,1-7,9H2. The molecule has 19 heavy (non-hydrogen) atoms. The van der Waals surface area contributed by atoms with Crippen LogP contribution < -0.4 is 5.32 Å². The van der Waals surface area contributed by atoms with Gasteiger partial charge in [0.1, 0.15) is 0 Å². The molecule has 0 aliphatic carbocycles. The van der Waals surface area contributed by atoms with Crippen LogP contribution in [0.1, 0.15) is 32.1 Å². The number of hydrogen-bond acceptors (Lipinski definition) is 3. The summed E-state index contributed by atoms with van der Waals surface area (Å²) in [6.07, 6.45) is 0.649. The quantitative estimate of drug-likeness (QED) is 0.859. The predicted molar refractivity (Wildman–Crippen MR) is 65.4 cm³/mol. The Labute approximate surface area is 111 Å². The molecule has 2 heterocycles. The summed E-state index contributed by atoms with van der Waals surface area (Å²) in [5.74, 6) is -1.87. The van der Waals surface area contributed by atoms with Crippen molar-refractivity contribution in [3.05, 3.63) is 0 Å². The zero-order valence-corrected chi connectivity index (χ0v) is 10.9. The van der Waals surface area contributed by atoms with E-state index in [0.717, 1.165) is 38.6 Å². The van der Waals surface area contributed by atoms with Gasteiger partial charge in [0.15, 0.2) is 5.92 Å². The first-order valence-electron chi connectivity index (χ1n) is 6.96. The molecule has 0 saturated carbocycles. The van der Waals surface area contributed by atoms with Crippen LogP contribution in [0.25, 0.3) is 0 Å². The molecule has 2 saturated heterocycles. The minimum Gasteiger partial charge on any atom is -0.312 e. The Hall–Kier alpha value is -0.800. The van der Waals surface area contributed by atoms with Crippen LogP contribution in [0.4, 0.5) is 13.2 Å². The summed E-state index contributed by atoms with van der Waals surface area (Å²) in [7, 11) is 0. The van der Waals surface area contributed by atoms with E-state index < -0.39 is 12.1 Å². The molecule has 0 spiro atoms. The second kappa shape index (κ2) is 6.10. The lowest BCUT2D eigenvalue weighted by Crippen LogP contribution is -2.52. The van der Waals surface area contributed by atoms with Gasteiger partial charge in [-0.1, -0.05) is 6.42 Å². The van der Waals surface area contributed by atoms with Crippen molar-refractivity contribution in [1.82, 2.24) is 10.2 Å². The summed E-state index contributed by atoms with van der Waals surface area (Å²) in [5, 5.41) is 12.1. The highest BCUT2D eigenvalue weighted by Gasteiger charge is 2.43. The van der Waals surface area contributed by atoms with Crippen LogP contribution >= 0.6 is 0 Å². The lowest BCUT2D eigenvalue weighted by atomic mass is 9.93. The van der Waals surface area contributed by atoms with Gasteiger partial charge in [-0.15, -0.1) is 0 Å². The molecule has 0 aromatic heterocycles. The molecule has 3 nitrogen and oxygen atoms in total. The summed E-state index contributed by atoms with van der Waals surface area (Å²) < 4.78 is 38.1. The first-order chi connectivity index (χ1) is 9.02. The number of nitrogens with one attached hydrogen (secondary N) is 1. The number of hydrogen-bond donors (Lipinski definition) is 1. The number of nitrogens with zero attached hydrogens (tertiary/aromatic N) is 2. The van der Waals surface area contributed by atoms with E-state index in [1.165, 1.54) is 6.07 Å². The Balaban J connectivity index is 2.01. The number of likely N-dealkylation sites (tertiary alicyclic amines) is 1. The molecule has 0 amide bonds. The Morgan fingerprint density at radius 2 is 2.05 bits per heavy atom. The molecule has 3 unspecified atom stereocenters. The fourth-order valence-electron chi connectivity index (χ4n) is 3.19. The normalized spacial score (nSPS) is 31.1. The molecule has 0 radical (unpaired) electrons. The molecular weight excluding hydrogens is 255 g/mol. The van der Waals surface area contributed by atoms with Crippen molar-refractivity contribution in [2.24, 2.45) is 5.92 Å². The number of halogens is 3. The Bertz CT molecular complexity index is 331. The maximum Gasteiger partial charge on any atom is 0.405 e. The van der Waals surface area contributed by atoms with Gasteiger partial charge >= 0.3 is 6.18 Å². The van der Waals surface area contributed by atoms with Crippen molar-refractivity contribution < 1.29 is 13.2 Å². The minimum absolute atomic E-state index is 0.162. The number of alkyl halides is 3. The Morgan fingerprint density at radius 3 is 2.63 bits per heavy atom. The van der Waals surface area contributed by atoms with Crippen molar-refractivity contribution in [1.29, 1.82) is 5.26 Å². The summed E-state index contributed by atoms with van der Waals surface area (Å²) in [6.45, 7) is 1.45. The molecular formula is C13H20F3N3. The van der Waals surface area contributed by atoms with E-state index in [-0.39, 0.29) is 12.6 Å². The third kappa shape index (κ3) is 3.61.